The van der Waals surface area contributed by atoms with Gasteiger partial charge >= 0.3 is 0 Å². The summed E-state index contributed by atoms with van der Waals surface area (Å²) in [6.45, 7) is 8.33. The molecule has 1 amide bonds. The number of carbonyl (C=O) groups excluding carboxylic acids is 1. The number of rotatable bonds is 6. The molecule has 2 aliphatic rings. The first-order valence-electron chi connectivity index (χ1n) is 12.3. The Bertz CT molecular complexity index is 1380. The second kappa shape index (κ2) is 9.59. The van der Waals surface area contributed by atoms with Crippen molar-refractivity contribution in [3.63, 3.8) is 0 Å². The molecule has 0 saturated carbocycles. The molecular formula is C29H31N3O4S. The van der Waals surface area contributed by atoms with Gasteiger partial charge in [0.05, 0.1) is 25.4 Å². The van der Waals surface area contributed by atoms with E-state index in [4.69, 9.17) is 26.4 Å². The Morgan fingerprint density at radius 2 is 1.89 bits per heavy atom. The van der Waals surface area contributed by atoms with Gasteiger partial charge in [0.1, 0.15) is 11.7 Å². The molecule has 3 aromatic carbocycles. The number of nitrogens with zero attached hydrogens (tertiary/aromatic N) is 1. The Morgan fingerprint density at radius 3 is 2.62 bits per heavy atom. The highest BCUT2D eigenvalue weighted by Gasteiger charge is 2.60. The van der Waals surface area contributed by atoms with Crippen LogP contribution in [0.2, 0.25) is 0 Å². The van der Waals surface area contributed by atoms with Gasteiger partial charge in [0.2, 0.25) is 5.91 Å². The molecule has 1 saturated heterocycles. The van der Waals surface area contributed by atoms with Crippen molar-refractivity contribution in [1.82, 2.24) is 5.32 Å². The zero-order valence-electron chi connectivity index (χ0n) is 21.6. The van der Waals surface area contributed by atoms with Gasteiger partial charge in [-0.1, -0.05) is 42.0 Å². The largest absolute Gasteiger partial charge is 0.495 e. The number of ether oxygens (including phenoxy) is 3. The third-order valence-electron chi connectivity index (χ3n) is 7.04. The minimum Gasteiger partial charge on any atom is -0.495 e. The average Bonchev–Trinajstić information content (AvgIpc) is 2.86. The van der Waals surface area contributed by atoms with E-state index < -0.39 is 17.7 Å². The number of nitrogens with one attached hydrogen (secondary N) is 2. The molecule has 0 aromatic heterocycles. The van der Waals surface area contributed by atoms with Crippen molar-refractivity contribution in [3.8, 4) is 17.2 Å². The molecule has 0 radical (unpaired) electrons. The number of aryl methyl sites for hydroxylation is 2. The predicted octanol–water partition coefficient (Wildman–Crippen LogP) is 5.51. The first kappa shape index (κ1) is 24.9. The summed E-state index contributed by atoms with van der Waals surface area (Å²) in [4.78, 5) is 16.0. The zero-order valence-corrected chi connectivity index (χ0v) is 22.4. The van der Waals surface area contributed by atoms with Crippen molar-refractivity contribution in [2.75, 3.05) is 23.9 Å². The normalized spacial score (nSPS) is 21.9. The summed E-state index contributed by atoms with van der Waals surface area (Å²) >= 11 is 5.88. The summed E-state index contributed by atoms with van der Waals surface area (Å²) in [6, 6.07) is 18.8. The maximum absolute atomic E-state index is 14.1. The smallest absolute Gasteiger partial charge is 0.236 e. The van der Waals surface area contributed by atoms with Gasteiger partial charge in [-0.3, -0.25) is 9.69 Å². The fourth-order valence-corrected chi connectivity index (χ4v) is 5.79. The Balaban J connectivity index is 1.67. The number of hydrogen-bond acceptors (Lipinski definition) is 5. The Morgan fingerprint density at radius 1 is 1.14 bits per heavy atom. The summed E-state index contributed by atoms with van der Waals surface area (Å²) in [7, 11) is 1.61. The van der Waals surface area contributed by atoms with Crippen molar-refractivity contribution >= 4 is 34.6 Å². The van der Waals surface area contributed by atoms with E-state index in [2.05, 4.69) is 10.6 Å². The number of fused-ring (bicyclic) bond motifs is 4. The van der Waals surface area contributed by atoms with Crippen molar-refractivity contribution in [2.45, 2.75) is 39.5 Å². The van der Waals surface area contributed by atoms with Crippen LogP contribution in [0.4, 0.5) is 11.4 Å². The van der Waals surface area contributed by atoms with E-state index in [1.807, 2.05) is 93.3 Å². The Labute approximate surface area is 222 Å². The lowest BCUT2D eigenvalue weighted by atomic mass is 9.78. The van der Waals surface area contributed by atoms with Gasteiger partial charge < -0.3 is 24.8 Å². The van der Waals surface area contributed by atoms with Crippen LogP contribution in [0.1, 0.15) is 36.6 Å². The maximum atomic E-state index is 14.1. The van der Waals surface area contributed by atoms with Gasteiger partial charge in [-0.05, 0) is 69.7 Å². The van der Waals surface area contributed by atoms with Gasteiger partial charge in [-0.2, -0.15) is 0 Å². The number of para-hydroxylation sites is 3. The van der Waals surface area contributed by atoms with E-state index in [1.165, 1.54) is 0 Å². The molecule has 7 nitrogen and oxygen atoms in total. The maximum Gasteiger partial charge on any atom is 0.236 e. The molecule has 3 aromatic rings. The molecular weight excluding hydrogens is 486 g/mol. The summed E-state index contributed by atoms with van der Waals surface area (Å²) in [6.07, 6.45) is 0. The molecule has 2 bridgehead atoms. The highest BCUT2D eigenvalue weighted by atomic mass is 32.1. The van der Waals surface area contributed by atoms with Crippen LogP contribution in [-0.2, 0) is 4.79 Å². The number of carbonyl (C=O) groups is 1. The lowest BCUT2D eigenvalue weighted by molar-refractivity contribution is -0.130. The van der Waals surface area contributed by atoms with Crippen LogP contribution < -0.4 is 29.7 Å². The summed E-state index contributed by atoms with van der Waals surface area (Å²) in [5.74, 6) is 0.990. The molecule has 2 N–H and O–H groups in total. The topological polar surface area (TPSA) is 72.1 Å². The van der Waals surface area contributed by atoms with Crippen LogP contribution in [0.15, 0.2) is 60.7 Å². The average molecular weight is 518 g/mol. The van der Waals surface area contributed by atoms with Crippen LogP contribution in [-0.4, -0.2) is 30.5 Å². The summed E-state index contributed by atoms with van der Waals surface area (Å²) < 4.78 is 18.4. The number of hydrogen-bond donors (Lipinski definition) is 2. The fourth-order valence-electron chi connectivity index (χ4n) is 5.38. The third kappa shape index (κ3) is 4.15. The molecule has 0 spiro atoms. The second-order valence-corrected chi connectivity index (χ2v) is 9.87. The lowest BCUT2D eigenvalue weighted by Gasteiger charge is -2.56. The van der Waals surface area contributed by atoms with Crippen LogP contribution in [0.5, 0.6) is 17.2 Å². The van der Waals surface area contributed by atoms with E-state index in [0.717, 1.165) is 22.4 Å². The van der Waals surface area contributed by atoms with E-state index in [-0.39, 0.29) is 5.91 Å². The Kier molecular flexibility index (Phi) is 6.45. The highest BCUT2D eigenvalue weighted by Crippen LogP contribution is 2.53. The molecule has 5 rings (SSSR count). The second-order valence-electron chi connectivity index (χ2n) is 9.48. The van der Waals surface area contributed by atoms with Crippen molar-refractivity contribution in [3.05, 3.63) is 77.4 Å². The lowest BCUT2D eigenvalue weighted by Crippen LogP contribution is -2.72. The minimum absolute atomic E-state index is 0.179. The number of anilines is 2. The van der Waals surface area contributed by atoms with Gasteiger partial charge in [-0.25, -0.2) is 0 Å². The van der Waals surface area contributed by atoms with Crippen molar-refractivity contribution in [2.24, 2.45) is 5.92 Å². The van der Waals surface area contributed by atoms with E-state index in [0.29, 0.717) is 34.7 Å². The fraction of sp³-hybridized carbons (Fsp3) is 0.310. The third-order valence-corrected chi connectivity index (χ3v) is 7.34. The van der Waals surface area contributed by atoms with Gasteiger partial charge in [-0.15, -0.1) is 0 Å². The minimum atomic E-state index is -1.19. The van der Waals surface area contributed by atoms with Gasteiger partial charge in [0.25, 0.3) is 0 Å². The molecule has 8 heteroatoms. The van der Waals surface area contributed by atoms with Crippen LogP contribution in [0.25, 0.3) is 0 Å². The van der Waals surface area contributed by atoms with Crippen LogP contribution in [0.3, 0.4) is 0 Å². The summed E-state index contributed by atoms with van der Waals surface area (Å²) in [5.41, 5.74) is 3.22. The van der Waals surface area contributed by atoms with Crippen molar-refractivity contribution < 1.29 is 19.0 Å². The summed E-state index contributed by atoms with van der Waals surface area (Å²) in [5, 5.41) is 7.04. The first-order valence-corrected chi connectivity index (χ1v) is 12.8. The van der Waals surface area contributed by atoms with Crippen molar-refractivity contribution in [1.29, 1.82) is 0 Å². The molecule has 2 aliphatic heterocycles. The van der Waals surface area contributed by atoms with E-state index in [1.54, 1.807) is 7.11 Å². The first-order chi connectivity index (χ1) is 17.8. The molecule has 192 valence electrons. The van der Waals surface area contributed by atoms with Gasteiger partial charge in [0, 0.05) is 11.3 Å². The van der Waals surface area contributed by atoms with Crippen LogP contribution in [0, 0.1) is 19.8 Å². The number of amides is 1. The van der Waals surface area contributed by atoms with E-state index >= 15 is 0 Å². The SMILES string of the molecule is CCOc1cccc2c1O[C@@]1(C)[C@H](C(=O)Nc3ccc(C)cc3C)[C@H]2NC(=S)N1c1ccccc1OC. The zero-order chi connectivity index (χ0) is 26.3. The number of thiocarbonyl (C=S) groups is 1. The standard InChI is InChI=1S/C29H31N3O4S/c1-6-35-23-13-9-10-19-25-24(27(33)30-20-15-14-17(2)16-18(20)3)29(4,36-26(19)23)32(28(37)31-25)21-11-7-8-12-22(21)34-5/h7-16,24-25H,6H2,1-5H3,(H,30,33)(H,31,37)/t24-,25-,29-/m0/s1. The number of benzene rings is 3. The quantitative estimate of drug-likeness (QED) is 0.418. The molecule has 37 heavy (non-hydrogen) atoms. The molecule has 0 aliphatic carbocycles. The van der Waals surface area contributed by atoms with Crippen LogP contribution >= 0.6 is 12.2 Å². The predicted molar refractivity (Wildman–Crippen MR) is 149 cm³/mol. The van der Waals surface area contributed by atoms with Gasteiger partial charge in [0.15, 0.2) is 22.3 Å². The van der Waals surface area contributed by atoms with E-state index in [9.17, 15) is 4.79 Å². The monoisotopic (exact) mass is 517 g/mol. The molecule has 3 atom stereocenters. The molecule has 2 heterocycles. The number of methoxy groups -OCH3 is 1. The Hall–Kier alpha value is -3.78. The molecule has 0 unspecified atom stereocenters. The molecule has 1 fully saturated rings. The highest BCUT2D eigenvalue weighted by molar-refractivity contribution is 7.80.